The molecule has 0 aromatic rings. The largest absolute Gasteiger partial charge is 0.401 e. The van der Waals surface area contributed by atoms with E-state index in [1.807, 2.05) is 20.8 Å². The molecule has 0 bridgehead atoms. The van der Waals surface area contributed by atoms with Crippen LogP contribution in [0.5, 0.6) is 0 Å². The van der Waals surface area contributed by atoms with Gasteiger partial charge in [0.1, 0.15) is 5.84 Å². The molecule has 0 saturated heterocycles. The van der Waals surface area contributed by atoms with E-state index in [4.69, 9.17) is 11.5 Å². The minimum absolute atomic E-state index is 0.137. The first-order valence-electron chi connectivity index (χ1n) is 3.62. The van der Waals surface area contributed by atoms with Crippen molar-refractivity contribution in [3.05, 3.63) is 11.8 Å². The molecule has 0 aromatic heterocycles. The van der Waals surface area contributed by atoms with Crippen LogP contribution in [0.25, 0.3) is 0 Å². The molecule has 0 rings (SSSR count). The lowest BCUT2D eigenvalue weighted by Gasteiger charge is -2.18. The summed E-state index contributed by atoms with van der Waals surface area (Å²) in [5.74, 6) is 0.137. The molecule has 4 heteroatoms. The van der Waals surface area contributed by atoms with Gasteiger partial charge >= 0.3 is 0 Å². The van der Waals surface area contributed by atoms with Gasteiger partial charge in [0.05, 0.1) is 0 Å². The summed E-state index contributed by atoms with van der Waals surface area (Å²) < 4.78 is 0. The van der Waals surface area contributed by atoms with Crippen LogP contribution in [0.15, 0.2) is 16.8 Å². The molecule has 1 amide bonds. The zero-order valence-electron chi connectivity index (χ0n) is 7.66. The highest BCUT2D eigenvalue weighted by Crippen LogP contribution is 2.19. The summed E-state index contributed by atoms with van der Waals surface area (Å²) in [6.07, 6.45) is 1.89. The fraction of sp³-hybridized carbons (Fsp3) is 0.500. The lowest BCUT2D eigenvalue weighted by molar-refractivity contribution is -0.106. The van der Waals surface area contributed by atoms with Crippen LogP contribution < -0.4 is 11.5 Å². The highest BCUT2D eigenvalue weighted by atomic mass is 16.1. The maximum absolute atomic E-state index is 9.91. The highest BCUT2D eigenvalue weighted by Gasteiger charge is 2.13. The molecule has 4 N–H and O–H groups in total. The molecule has 0 aromatic carbocycles. The summed E-state index contributed by atoms with van der Waals surface area (Å²) in [5, 5.41) is 0. The van der Waals surface area contributed by atoms with Crippen LogP contribution in [0, 0.1) is 5.41 Å². The van der Waals surface area contributed by atoms with Gasteiger partial charge in [-0.1, -0.05) is 20.8 Å². The van der Waals surface area contributed by atoms with Crippen molar-refractivity contribution < 1.29 is 4.79 Å². The Labute approximate surface area is 72.3 Å². The second-order valence-corrected chi connectivity index (χ2v) is 3.51. The standard InChI is InChI=1S/C8H15N3O/c1-8(2,3)6(9)4-7(10)11-5-12/h4-5H,9H2,1-3H3,(H2,10,11,12)/b6-4-. The Morgan fingerprint density at radius 3 is 2.17 bits per heavy atom. The van der Waals surface area contributed by atoms with Gasteiger partial charge < -0.3 is 11.5 Å². The molecule has 0 heterocycles. The van der Waals surface area contributed by atoms with Crippen molar-refractivity contribution in [2.24, 2.45) is 21.9 Å². The van der Waals surface area contributed by atoms with E-state index in [-0.39, 0.29) is 11.3 Å². The molecule has 0 atom stereocenters. The first-order valence-corrected chi connectivity index (χ1v) is 3.62. The molecule has 0 saturated carbocycles. The molecule has 0 aliphatic heterocycles. The third-order valence-corrected chi connectivity index (χ3v) is 1.37. The number of allylic oxidation sites excluding steroid dienone is 1. The number of rotatable bonds is 2. The van der Waals surface area contributed by atoms with Crippen molar-refractivity contribution in [2.45, 2.75) is 20.8 Å². The lowest BCUT2D eigenvalue weighted by Crippen LogP contribution is -2.21. The van der Waals surface area contributed by atoms with Crippen LogP contribution in [0.2, 0.25) is 0 Å². The number of carbonyl (C=O) groups excluding carboxylic acids is 1. The molecule has 0 fully saturated rings. The number of amidine groups is 1. The number of nitrogens with zero attached hydrogens (tertiary/aromatic N) is 1. The average Bonchev–Trinajstić information content (AvgIpc) is 1.85. The first kappa shape index (κ1) is 10.7. The topological polar surface area (TPSA) is 81.5 Å². The SMILES string of the molecule is CC(C)(C)/C(N)=C/C(N)=NC=O. The molecular formula is C8H15N3O. The average molecular weight is 169 g/mol. The zero-order valence-corrected chi connectivity index (χ0v) is 7.66. The highest BCUT2D eigenvalue weighted by molar-refractivity contribution is 5.95. The summed E-state index contributed by atoms with van der Waals surface area (Å²) in [6, 6.07) is 0. The molecule has 4 nitrogen and oxygen atoms in total. The van der Waals surface area contributed by atoms with Crippen LogP contribution >= 0.6 is 0 Å². The molecule has 0 aliphatic rings. The van der Waals surface area contributed by atoms with E-state index in [1.54, 1.807) is 0 Å². The number of hydrogen-bond donors (Lipinski definition) is 2. The predicted molar refractivity (Wildman–Crippen MR) is 49.4 cm³/mol. The Hall–Kier alpha value is -1.32. The zero-order chi connectivity index (χ0) is 9.78. The van der Waals surface area contributed by atoms with Crippen LogP contribution in [0.4, 0.5) is 0 Å². The van der Waals surface area contributed by atoms with Gasteiger partial charge in [-0.3, -0.25) is 4.79 Å². The molecule has 68 valence electrons. The minimum atomic E-state index is -0.150. The van der Waals surface area contributed by atoms with Crippen molar-refractivity contribution in [3.8, 4) is 0 Å². The Balaban J connectivity index is 4.57. The van der Waals surface area contributed by atoms with Crippen molar-refractivity contribution >= 4 is 12.2 Å². The number of aliphatic imine (C=N–C) groups is 1. The van der Waals surface area contributed by atoms with Crippen molar-refractivity contribution in [1.82, 2.24) is 0 Å². The third-order valence-electron chi connectivity index (χ3n) is 1.37. The van der Waals surface area contributed by atoms with Gasteiger partial charge in [-0.25, -0.2) is 0 Å². The summed E-state index contributed by atoms with van der Waals surface area (Å²) in [6.45, 7) is 5.85. The maximum Gasteiger partial charge on any atom is 0.234 e. The van der Waals surface area contributed by atoms with Crippen molar-refractivity contribution in [2.75, 3.05) is 0 Å². The third kappa shape index (κ3) is 3.75. The van der Waals surface area contributed by atoms with E-state index >= 15 is 0 Å². The summed E-state index contributed by atoms with van der Waals surface area (Å²) in [7, 11) is 0. The Kier molecular flexibility index (Phi) is 3.47. The van der Waals surface area contributed by atoms with Crippen LogP contribution in [0.1, 0.15) is 20.8 Å². The van der Waals surface area contributed by atoms with E-state index in [0.29, 0.717) is 12.1 Å². The monoisotopic (exact) mass is 169 g/mol. The van der Waals surface area contributed by atoms with Gasteiger partial charge in [-0.15, -0.1) is 0 Å². The minimum Gasteiger partial charge on any atom is -0.401 e. The summed E-state index contributed by atoms with van der Waals surface area (Å²) in [4.78, 5) is 13.2. The Morgan fingerprint density at radius 1 is 1.33 bits per heavy atom. The molecule has 0 spiro atoms. The molecule has 12 heavy (non-hydrogen) atoms. The van der Waals surface area contributed by atoms with Gasteiger partial charge in [0, 0.05) is 11.1 Å². The number of nitrogens with two attached hydrogens (primary N) is 2. The van der Waals surface area contributed by atoms with E-state index in [9.17, 15) is 4.79 Å². The molecular weight excluding hydrogens is 154 g/mol. The Morgan fingerprint density at radius 2 is 1.83 bits per heavy atom. The summed E-state index contributed by atoms with van der Waals surface area (Å²) >= 11 is 0. The maximum atomic E-state index is 9.91. The lowest BCUT2D eigenvalue weighted by atomic mass is 9.92. The fourth-order valence-electron chi connectivity index (χ4n) is 0.474. The van der Waals surface area contributed by atoms with E-state index < -0.39 is 0 Å². The summed E-state index contributed by atoms with van der Waals surface area (Å²) in [5.41, 5.74) is 11.5. The fourth-order valence-corrected chi connectivity index (χ4v) is 0.474. The second-order valence-electron chi connectivity index (χ2n) is 3.51. The van der Waals surface area contributed by atoms with Crippen LogP contribution in [0.3, 0.4) is 0 Å². The smallest absolute Gasteiger partial charge is 0.234 e. The second kappa shape index (κ2) is 3.90. The quantitative estimate of drug-likeness (QED) is 0.356. The van der Waals surface area contributed by atoms with E-state index in [0.717, 1.165) is 0 Å². The van der Waals surface area contributed by atoms with Crippen LogP contribution in [-0.2, 0) is 4.79 Å². The van der Waals surface area contributed by atoms with E-state index in [2.05, 4.69) is 4.99 Å². The number of hydrogen-bond acceptors (Lipinski definition) is 2. The van der Waals surface area contributed by atoms with Gasteiger partial charge in [-0.2, -0.15) is 4.99 Å². The van der Waals surface area contributed by atoms with Gasteiger partial charge in [-0.05, 0) is 6.08 Å². The number of carbonyl (C=O) groups is 1. The molecule has 0 unspecified atom stereocenters. The first-order chi connectivity index (χ1) is 5.38. The molecule has 0 radical (unpaired) electrons. The predicted octanol–water partition coefficient (Wildman–Crippen LogP) is 0.389. The van der Waals surface area contributed by atoms with Crippen LogP contribution in [-0.4, -0.2) is 12.2 Å². The van der Waals surface area contributed by atoms with Gasteiger partial charge in [0.25, 0.3) is 0 Å². The molecule has 0 aliphatic carbocycles. The Bertz CT molecular complexity index is 223. The van der Waals surface area contributed by atoms with Crippen molar-refractivity contribution in [3.63, 3.8) is 0 Å². The van der Waals surface area contributed by atoms with Gasteiger partial charge in [0.2, 0.25) is 6.41 Å². The normalized spacial score (nSPS) is 14.6. The van der Waals surface area contributed by atoms with E-state index in [1.165, 1.54) is 6.08 Å². The van der Waals surface area contributed by atoms with Crippen molar-refractivity contribution in [1.29, 1.82) is 0 Å². The van der Waals surface area contributed by atoms with Gasteiger partial charge in [0.15, 0.2) is 0 Å². The number of amides is 1.